The summed E-state index contributed by atoms with van der Waals surface area (Å²) >= 11 is 13.1. The number of rotatable bonds is 4. The maximum absolute atomic E-state index is 13.1. The molecular formula is C19H13Br4N3O4. The van der Waals surface area contributed by atoms with Crippen molar-refractivity contribution in [3.63, 3.8) is 0 Å². The Balaban J connectivity index is 2.16. The molecule has 0 fully saturated rings. The zero-order valence-electron chi connectivity index (χ0n) is 15.5. The summed E-state index contributed by atoms with van der Waals surface area (Å²) in [6.07, 6.45) is 0. The highest BCUT2D eigenvalue weighted by Crippen LogP contribution is 2.42. The fraction of sp³-hybridized carbons (Fsp3) is 0.105. The van der Waals surface area contributed by atoms with Gasteiger partial charge in [0.1, 0.15) is 5.69 Å². The van der Waals surface area contributed by atoms with Crippen LogP contribution in [-0.2, 0) is 7.05 Å². The first kappa shape index (κ1) is 23.0. The van der Waals surface area contributed by atoms with Gasteiger partial charge in [0.15, 0.2) is 0 Å². The largest absolute Gasteiger partial charge is 0.478 e. The van der Waals surface area contributed by atoms with Crippen molar-refractivity contribution in [1.29, 1.82) is 0 Å². The number of hydrogen-bond acceptors (Lipinski definition) is 3. The number of para-hydroxylation sites is 1. The maximum atomic E-state index is 13.1. The Labute approximate surface area is 204 Å². The molecule has 0 saturated carbocycles. The minimum absolute atomic E-state index is 0.0600. The summed E-state index contributed by atoms with van der Waals surface area (Å²) in [4.78, 5) is 38.0. The molecule has 156 valence electrons. The first-order chi connectivity index (χ1) is 14.1. The lowest BCUT2D eigenvalue weighted by Gasteiger charge is -2.14. The number of nitrogens with one attached hydrogen (secondary N) is 1. The highest BCUT2D eigenvalue weighted by molar-refractivity contribution is 9.15. The third kappa shape index (κ3) is 3.83. The Morgan fingerprint density at radius 3 is 2.00 bits per heavy atom. The van der Waals surface area contributed by atoms with Crippen molar-refractivity contribution in [1.82, 2.24) is 9.36 Å². The zero-order valence-corrected chi connectivity index (χ0v) is 21.8. The van der Waals surface area contributed by atoms with Gasteiger partial charge in [-0.25, -0.2) is 9.48 Å². The van der Waals surface area contributed by atoms with Crippen LogP contribution in [0.3, 0.4) is 0 Å². The number of nitrogens with zero attached hydrogens (tertiary/aromatic N) is 2. The average Bonchev–Trinajstić information content (AvgIpc) is 2.92. The first-order valence-electron chi connectivity index (χ1n) is 8.32. The number of halogens is 4. The fourth-order valence-corrected chi connectivity index (χ4v) is 5.40. The Hall–Kier alpha value is -1.69. The van der Waals surface area contributed by atoms with E-state index in [1.54, 1.807) is 42.9 Å². The van der Waals surface area contributed by atoms with Crippen LogP contribution in [0.2, 0.25) is 0 Å². The molecule has 2 aromatic carbocycles. The molecule has 1 aromatic heterocycles. The standard InChI is InChI=1S/C19H13Br4N3O4/c1-8-16(18(28)26(25(8)2)9-6-4-3-5-7-9)24-17(27)10-11(19(29)30)13(21)15(23)14(22)12(10)20/h3-7H,1-2H3,(H,24,27)(H,29,30). The van der Waals surface area contributed by atoms with Crippen molar-refractivity contribution in [2.45, 2.75) is 6.92 Å². The summed E-state index contributed by atoms with van der Waals surface area (Å²) < 4.78 is 4.37. The van der Waals surface area contributed by atoms with Crippen LogP contribution in [0.25, 0.3) is 5.69 Å². The quantitative estimate of drug-likeness (QED) is 0.285. The van der Waals surface area contributed by atoms with Crippen LogP contribution in [0.15, 0.2) is 53.0 Å². The van der Waals surface area contributed by atoms with Crippen molar-refractivity contribution < 1.29 is 14.7 Å². The molecular weight excluding hydrogens is 654 g/mol. The average molecular weight is 667 g/mol. The van der Waals surface area contributed by atoms with Gasteiger partial charge in [-0.05, 0) is 82.8 Å². The van der Waals surface area contributed by atoms with Crippen LogP contribution in [-0.4, -0.2) is 26.3 Å². The third-order valence-corrected chi connectivity index (χ3v) is 9.27. The minimum atomic E-state index is -1.30. The summed E-state index contributed by atoms with van der Waals surface area (Å²) in [5.74, 6) is -2.04. The minimum Gasteiger partial charge on any atom is -0.478 e. The Kier molecular flexibility index (Phi) is 6.75. The normalized spacial score (nSPS) is 10.9. The number of hydrogen-bond donors (Lipinski definition) is 2. The van der Waals surface area contributed by atoms with Gasteiger partial charge in [0.05, 0.1) is 22.5 Å². The molecule has 0 atom stereocenters. The van der Waals surface area contributed by atoms with Crippen LogP contribution >= 0.6 is 63.7 Å². The molecule has 3 aromatic rings. The number of aromatic nitrogens is 2. The Morgan fingerprint density at radius 1 is 0.933 bits per heavy atom. The predicted octanol–water partition coefficient (Wildman–Crippen LogP) is 5.48. The number of anilines is 1. The molecule has 0 saturated heterocycles. The molecule has 3 rings (SSSR count). The summed E-state index contributed by atoms with van der Waals surface area (Å²) in [7, 11) is 1.70. The topological polar surface area (TPSA) is 93.3 Å². The van der Waals surface area contributed by atoms with Gasteiger partial charge in [-0.2, -0.15) is 0 Å². The summed E-state index contributed by atoms with van der Waals surface area (Å²) in [5, 5.41) is 12.3. The number of carboxylic acid groups (broad SMARTS) is 1. The fourth-order valence-electron chi connectivity index (χ4n) is 2.93. The number of carbonyl (C=O) groups is 2. The van der Waals surface area contributed by atoms with E-state index in [1.807, 2.05) is 6.07 Å². The van der Waals surface area contributed by atoms with Gasteiger partial charge < -0.3 is 10.4 Å². The van der Waals surface area contributed by atoms with E-state index in [4.69, 9.17) is 0 Å². The van der Waals surface area contributed by atoms with Gasteiger partial charge in [-0.1, -0.05) is 18.2 Å². The molecule has 1 heterocycles. The van der Waals surface area contributed by atoms with Crippen LogP contribution in [0.5, 0.6) is 0 Å². The van der Waals surface area contributed by atoms with E-state index in [9.17, 15) is 19.5 Å². The molecule has 11 heteroatoms. The van der Waals surface area contributed by atoms with Crippen molar-refractivity contribution >= 4 is 81.3 Å². The van der Waals surface area contributed by atoms with E-state index in [1.165, 1.54) is 4.68 Å². The van der Waals surface area contributed by atoms with Gasteiger partial charge in [-0.3, -0.25) is 14.3 Å². The first-order valence-corrected chi connectivity index (χ1v) is 11.5. The second-order valence-corrected chi connectivity index (χ2v) is 9.37. The summed E-state index contributed by atoms with van der Waals surface area (Å²) in [5.41, 5.74) is 0.405. The lowest BCUT2D eigenvalue weighted by atomic mass is 10.1. The smallest absolute Gasteiger partial charge is 0.337 e. The Morgan fingerprint density at radius 2 is 1.47 bits per heavy atom. The van der Waals surface area contributed by atoms with E-state index < -0.39 is 17.4 Å². The lowest BCUT2D eigenvalue weighted by Crippen LogP contribution is -2.24. The van der Waals surface area contributed by atoms with Crippen molar-refractivity contribution in [2.24, 2.45) is 7.05 Å². The summed E-state index contributed by atoms with van der Waals surface area (Å²) in [6, 6.07) is 8.98. The number of carboxylic acids is 1. The molecule has 0 radical (unpaired) electrons. The second kappa shape index (κ2) is 8.81. The van der Waals surface area contributed by atoms with E-state index in [-0.39, 0.29) is 25.8 Å². The monoisotopic (exact) mass is 663 g/mol. The predicted molar refractivity (Wildman–Crippen MR) is 128 cm³/mol. The van der Waals surface area contributed by atoms with Gasteiger partial charge >= 0.3 is 5.97 Å². The molecule has 1 amide bonds. The van der Waals surface area contributed by atoms with Crippen molar-refractivity contribution in [3.05, 3.63) is 75.4 Å². The Bertz CT molecular complexity index is 1250. The number of amides is 1. The van der Waals surface area contributed by atoms with Gasteiger partial charge in [0.2, 0.25) is 0 Å². The molecule has 0 aliphatic rings. The SMILES string of the molecule is Cc1c(NC(=O)c2c(Br)c(Br)c(Br)c(Br)c2C(=O)O)c(=O)n(-c2ccccc2)n1C. The van der Waals surface area contributed by atoms with E-state index in [2.05, 4.69) is 69.0 Å². The molecule has 0 spiro atoms. The molecule has 7 nitrogen and oxygen atoms in total. The van der Waals surface area contributed by atoms with Crippen molar-refractivity contribution in [2.75, 3.05) is 5.32 Å². The van der Waals surface area contributed by atoms with Crippen molar-refractivity contribution in [3.8, 4) is 5.69 Å². The number of aromatic carboxylic acids is 1. The summed E-state index contributed by atoms with van der Waals surface area (Å²) in [6.45, 7) is 1.69. The highest BCUT2D eigenvalue weighted by Gasteiger charge is 2.29. The van der Waals surface area contributed by atoms with Crippen LogP contribution in [0.4, 0.5) is 5.69 Å². The van der Waals surface area contributed by atoms with Gasteiger partial charge in [-0.15, -0.1) is 0 Å². The van der Waals surface area contributed by atoms with E-state index in [0.29, 0.717) is 20.3 Å². The lowest BCUT2D eigenvalue weighted by molar-refractivity contribution is 0.0691. The molecule has 0 aliphatic heterocycles. The second-order valence-electron chi connectivity index (χ2n) is 6.20. The third-order valence-electron chi connectivity index (χ3n) is 4.50. The number of benzene rings is 2. The van der Waals surface area contributed by atoms with Crippen LogP contribution in [0.1, 0.15) is 26.4 Å². The molecule has 0 aliphatic carbocycles. The zero-order chi connectivity index (χ0) is 22.3. The number of carbonyl (C=O) groups excluding carboxylic acids is 1. The molecule has 2 N–H and O–H groups in total. The highest BCUT2D eigenvalue weighted by atomic mass is 79.9. The maximum Gasteiger partial charge on any atom is 0.337 e. The molecule has 0 unspecified atom stereocenters. The van der Waals surface area contributed by atoms with Crippen LogP contribution in [0, 0.1) is 6.92 Å². The van der Waals surface area contributed by atoms with Crippen LogP contribution < -0.4 is 10.9 Å². The van der Waals surface area contributed by atoms with Gasteiger partial charge in [0.25, 0.3) is 11.5 Å². The molecule has 30 heavy (non-hydrogen) atoms. The molecule has 0 bridgehead atoms. The van der Waals surface area contributed by atoms with E-state index >= 15 is 0 Å². The van der Waals surface area contributed by atoms with E-state index in [0.717, 1.165) is 0 Å². The van der Waals surface area contributed by atoms with Gasteiger partial charge in [0, 0.05) is 24.9 Å².